The van der Waals surface area contributed by atoms with E-state index in [2.05, 4.69) is 45.1 Å². The van der Waals surface area contributed by atoms with E-state index in [9.17, 15) is 4.79 Å². The second kappa shape index (κ2) is 7.73. The molecule has 5 nitrogen and oxygen atoms in total. The van der Waals surface area contributed by atoms with E-state index in [4.69, 9.17) is 0 Å². The van der Waals surface area contributed by atoms with Gasteiger partial charge in [0.05, 0.1) is 19.3 Å². The summed E-state index contributed by atoms with van der Waals surface area (Å²) in [4.78, 5) is 17.6. The molecule has 1 aliphatic heterocycles. The van der Waals surface area contributed by atoms with Crippen LogP contribution in [0.2, 0.25) is 0 Å². The lowest BCUT2D eigenvalue weighted by Gasteiger charge is -2.34. The van der Waals surface area contributed by atoms with Crippen molar-refractivity contribution in [2.45, 2.75) is 32.4 Å². The van der Waals surface area contributed by atoms with Crippen molar-refractivity contribution in [1.82, 2.24) is 14.7 Å². The largest absolute Gasteiger partial charge is 0.310 e. The SMILES string of the molecule is CCC1c2ccsc2CCN1CC(=O)Nc1ccnn1Cc1cccs1. The Labute approximate surface area is 161 Å². The molecule has 136 valence electrons. The van der Waals surface area contributed by atoms with Crippen molar-refractivity contribution >= 4 is 34.4 Å². The summed E-state index contributed by atoms with van der Waals surface area (Å²) in [5.41, 5.74) is 1.40. The molecule has 0 aliphatic carbocycles. The van der Waals surface area contributed by atoms with Gasteiger partial charge < -0.3 is 5.32 Å². The second-order valence-corrected chi connectivity index (χ2v) is 8.48. The maximum atomic E-state index is 12.7. The van der Waals surface area contributed by atoms with Crippen molar-refractivity contribution in [2.75, 3.05) is 18.4 Å². The van der Waals surface area contributed by atoms with Gasteiger partial charge in [-0.1, -0.05) is 13.0 Å². The maximum Gasteiger partial charge on any atom is 0.239 e. The van der Waals surface area contributed by atoms with Gasteiger partial charge in [0.1, 0.15) is 5.82 Å². The van der Waals surface area contributed by atoms with E-state index in [-0.39, 0.29) is 5.91 Å². The van der Waals surface area contributed by atoms with Crippen LogP contribution in [0.15, 0.2) is 41.2 Å². The molecular weight excluding hydrogens is 364 g/mol. The first-order valence-corrected chi connectivity index (χ1v) is 10.6. The molecule has 0 aromatic carbocycles. The number of rotatable bonds is 6. The molecule has 1 N–H and O–H groups in total. The normalized spacial score (nSPS) is 17.2. The first kappa shape index (κ1) is 17.5. The van der Waals surface area contributed by atoms with Gasteiger partial charge in [-0.25, -0.2) is 4.68 Å². The van der Waals surface area contributed by atoms with Crippen LogP contribution in [0.25, 0.3) is 0 Å². The highest BCUT2D eigenvalue weighted by Crippen LogP contribution is 2.34. The van der Waals surface area contributed by atoms with Crippen LogP contribution < -0.4 is 5.32 Å². The van der Waals surface area contributed by atoms with Crippen LogP contribution in [-0.4, -0.2) is 33.7 Å². The monoisotopic (exact) mass is 386 g/mol. The van der Waals surface area contributed by atoms with Crippen LogP contribution in [0, 0.1) is 0 Å². The molecule has 3 aromatic heterocycles. The second-order valence-electron chi connectivity index (χ2n) is 6.45. The fraction of sp³-hybridized carbons (Fsp3) is 0.368. The van der Waals surface area contributed by atoms with E-state index in [0.29, 0.717) is 19.1 Å². The van der Waals surface area contributed by atoms with Gasteiger partial charge in [0.25, 0.3) is 0 Å². The first-order chi connectivity index (χ1) is 12.7. The van der Waals surface area contributed by atoms with Crippen molar-refractivity contribution in [3.05, 3.63) is 56.5 Å². The van der Waals surface area contributed by atoms with E-state index in [0.717, 1.165) is 25.2 Å². The summed E-state index contributed by atoms with van der Waals surface area (Å²) in [6, 6.07) is 8.52. The Morgan fingerprint density at radius 3 is 3.04 bits per heavy atom. The van der Waals surface area contributed by atoms with Gasteiger partial charge >= 0.3 is 0 Å². The standard InChI is InChI=1S/C19H22N4OS2/c1-2-16-15-7-11-26-17(15)6-9-22(16)13-19(24)21-18-5-8-20-23(18)12-14-4-3-10-25-14/h3-5,7-8,10-11,16H,2,6,9,12-13H2,1H3,(H,21,24). The number of nitrogens with one attached hydrogen (secondary N) is 1. The van der Waals surface area contributed by atoms with E-state index in [1.54, 1.807) is 17.5 Å². The third kappa shape index (κ3) is 3.60. The summed E-state index contributed by atoms with van der Waals surface area (Å²) in [7, 11) is 0. The van der Waals surface area contributed by atoms with Crippen LogP contribution in [0.1, 0.15) is 34.7 Å². The smallest absolute Gasteiger partial charge is 0.239 e. The fourth-order valence-corrected chi connectivity index (χ4v) is 5.21. The molecule has 3 aromatic rings. The lowest BCUT2D eigenvalue weighted by molar-refractivity contribution is -0.118. The van der Waals surface area contributed by atoms with E-state index in [1.807, 2.05) is 28.2 Å². The number of amides is 1. The van der Waals surface area contributed by atoms with Crippen molar-refractivity contribution in [2.24, 2.45) is 0 Å². The third-order valence-corrected chi connectivity index (χ3v) is 6.67. The molecule has 4 heterocycles. The lowest BCUT2D eigenvalue weighted by atomic mass is 9.98. The minimum absolute atomic E-state index is 0.0232. The number of hydrogen-bond acceptors (Lipinski definition) is 5. The number of nitrogens with zero attached hydrogens (tertiary/aromatic N) is 3. The minimum Gasteiger partial charge on any atom is -0.310 e. The zero-order valence-electron chi connectivity index (χ0n) is 14.7. The summed E-state index contributed by atoms with van der Waals surface area (Å²) in [5, 5.41) is 11.6. The number of fused-ring (bicyclic) bond motifs is 1. The molecule has 0 fully saturated rings. The van der Waals surface area contributed by atoms with E-state index < -0.39 is 0 Å². The maximum absolute atomic E-state index is 12.7. The molecule has 1 aliphatic rings. The number of hydrogen-bond donors (Lipinski definition) is 1. The molecule has 1 unspecified atom stereocenters. The van der Waals surface area contributed by atoms with E-state index >= 15 is 0 Å². The molecule has 0 saturated carbocycles. The summed E-state index contributed by atoms with van der Waals surface area (Å²) in [6.07, 6.45) is 3.79. The number of thiophene rings is 2. The van der Waals surface area contributed by atoms with Gasteiger partial charge in [-0.05, 0) is 41.3 Å². The Hall–Kier alpha value is -1.96. The van der Waals surface area contributed by atoms with Crippen molar-refractivity contribution in [3.8, 4) is 0 Å². The minimum atomic E-state index is 0.0232. The Kier molecular flexibility index (Phi) is 5.19. The molecule has 0 radical (unpaired) electrons. The number of anilines is 1. The molecular formula is C19H22N4OS2. The van der Waals surface area contributed by atoms with Gasteiger partial charge in [0.15, 0.2) is 0 Å². The van der Waals surface area contributed by atoms with Gasteiger partial charge in [0.2, 0.25) is 5.91 Å². The van der Waals surface area contributed by atoms with Crippen LogP contribution in [0.3, 0.4) is 0 Å². The summed E-state index contributed by atoms with van der Waals surface area (Å²) < 4.78 is 1.84. The Morgan fingerprint density at radius 2 is 2.23 bits per heavy atom. The highest BCUT2D eigenvalue weighted by atomic mass is 32.1. The van der Waals surface area contributed by atoms with Crippen LogP contribution in [-0.2, 0) is 17.8 Å². The van der Waals surface area contributed by atoms with Gasteiger partial charge in [0, 0.05) is 28.4 Å². The quantitative estimate of drug-likeness (QED) is 0.697. The zero-order chi connectivity index (χ0) is 17.9. The third-order valence-electron chi connectivity index (χ3n) is 4.81. The summed E-state index contributed by atoms with van der Waals surface area (Å²) >= 11 is 3.53. The summed E-state index contributed by atoms with van der Waals surface area (Å²) in [6.45, 7) is 4.23. The Morgan fingerprint density at radius 1 is 1.31 bits per heavy atom. The van der Waals surface area contributed by atoms with Gasteiger partial charge in [-0.2, -0.15) is 5.10 Å². The molecule has 0 bridgehead atoms. The molecule has 7 heteroatoms. The molecule has 0 saturated heterocycles. The molecule has 1 amide bonds. The average Bonchev–Trinajstić information content (AvgIpc) is 3.38. The molecule has 0 spiro atoms. The number of carbonyl (C=O) groups excluding carboxylic acids is 1. The molecule has 1 atom stereocenters. The van der Waals surface area contributed by atoms with Crippen LogP contribution in [0.5, 0.6) is 0 Å². The van der Waals surface area contributed by atoms with Crippen LogP contribution >= 0.6 is 22.7 Å². The highest BCUT2D eigenvalue weighted by molar-refractivity contribution is 7.10. The average molecular weight is 387 g/mol. The fourth-order valence-electron chi connectivity index (χ4n) is 3.60. The Bertz CT molecular complexity index is 868. The van der Waals surface area contributed by atoms with Crippen molar-refractivity contribution in [3.63, 3.8) is 0 Å². The van der Waals surface area contributed by atoms with Crippen molar-refractivity contribution in [1.29, 1.82) is 0 Å². The van der Waals surface area contributed by atoms with Gasteiger partial charge in [-0.15, -0.1) is 22.7 Å². The highest BCUT2D eigenvalue weighted by Gasteiger charge is 2.28. The molecule has 26 heavy (non-hydrogen) atoms. The number of carbonyl (C=O) groups is 1. The van der Waals surface area contributed by atoms with Gasteiger partial charge in [-0.3, -0.25) is 9.69 Å². The van der Waals surface area contributed by atoms with Crippen molar-refractivity contribution < 1.29 is 4.79 Å². The predicted molar refractivity (Wildman–Crippen MR) is 107 cm³/mol. The van der Waals surface area contributed by atoms with E-state index in [1.165, 1.54) is 15.3 Å². The summed E-state index contributed by atoms with van der Waals surface area (Å²) in [5.74, 6) is 0.778. The Balaban J connectivity index is 1.41. The first-order valence-electron chi connectivity index (χ1n) is 8.89. The zero-order valence-corrected chi connectivity index (χ0v) is 16.4. The topological polar surface area (TPSA) is 50.2 Å². The molecule has 4 rings (SSSR count). The lowest BCUT2D eigenvalue weighted by Crippen LogP contribution is -2.40. The number of aromatic nitrogens is 2. The predicted octanol–water partition coefficient (Wildman–Crippen LogP) is 4.00. The van der Waals surface area contributed by atoms with Crippen LogP contribution in [0.4, 0.5) is 5.82 Å².